The molecule has 1 amide bonds. The summed E-state index contributed by atoms with van der Waals surface area (Å²) in [5.41, 5.74) is 2.20. The van der Waals surface area contributed by atoms with E-state index in [-0.39, 0.29) is 18.4 Å². The van der Waals surface area contributed by atoms with Gasteiger partial charge in [-0.3, -0.25) is 14.0 Å². The van der Waals surface area contributed by atoms with Gasteiger partial charge in [0, 0.05) is 18.7 Å². The maximum atomic E-state index is 12.7. The zero-order valence-electron chi connectivity index (χ0n) is 14.4. The van der Waals surface area contributed by atoms with Crippen LogP contribution in [0.5, 0.6) is 0 Å². The predicted octanol–water partition coefficient (Wildman–Crippen LogP) is 2.24. The number of nitrogens with one attached hydrogen (secondary N) is 1. The van der Waals surface area contributed by atoms with Crippen molar-refractivity contribution in [2.45, 2.75) is 32.2 Å². The lowest BCUT2D eigenvalue weighted by atomic mass is 10.0. The van der Waals surface area contributed by atoms with E-state index in [1.807, 2.05) is 37.3 Å². The van der Waals surface area contributed by atoms with Gasteiger partial charge in [0.2, 0.25) is 0 Å². The van der Waals surface area contributed by atoms with E-state index >= 15 is 0 Å². The van der Waals surface area contributed by atoms with E-state index in [2.05, 4.69) is 15.5 Å². The number of carbonyl (C=O) groups excluding carboxylic acids is 1. The molecule has 0 aliphatic rings. The first-order valence-electron chi connectivity index (χ1n) is 8.41. The van der Waals surface area contributed by atoms with Crippen LogP contribution in [0.25, 0.3) is 5.65 Å². The van der Waals surface area contributed by atoms with Crippen LogP contribution in [-0.4, -0.2) is 37.6 Å². The van der Waals surface area contributed by atoms with E-state index in [4.69, 9.17) is 5.11 Å². The van der Waals surface area contributed by atoms with Crippen LogP contribution in [-0.2, 0) is 11.2 Å². The van der Waals surface area contributed by atoms with Crippen LogP contribution in [0, 0.1) is 6.92 Å². The summed E-state index contributed by atoms with van der Waals surface area (Å²) in [6.45, 7) is 1.81. The third-order valence-corrected chi connectivity index (χ3v) is 4.20. The molecule has 1 atom stereocenters. The summed E-state index contributed by atoms with van der Waals surface area (Å²) < 4.78 is 1.75. The Kier molecular flexibility index (Phi) is 5.26. The number of aryl methyl sites for hydroxylation is 1. The molecular formula is C19H20N4O3. The van der Waals surface area contributed by atoms with Crippen molar-refractivity contribution in [3.8, 4) is 0 Å². The van der Waals surface area contributed by atoms with Gasteiger partial charge < -0.3 is 10.4 Å². The fraction of sp³-hybridized carbons (Fsp3) is 0.263. The van der Waals surface area contributed by atoms with Crippen molar-refractivity contribution < 1.29 is 14.7 Å². The Labute approximate surface area is 150 Å². The molecule has 0 spiro atoms. The van der Waals surface area contributed by atoms with Gasteiger partial charge in [-0.2, -0.15) is 0 Å². The Morgan fingerprint density at radius 1 is 1.15 bits per heavy atom. The molecule has 0 aliphatic carbocycles. The highest BCUT2D eigenvalue weighted by atomic mass is 16.4. The molecule has 26 heavy (non-hydrogen) atoms. The smallest absolute Gasteiger partial charge is 0.303 e. The molecule has 0 bridgehead atoms. The first-order valence-corrected chi connectivity index (χ1v) is 8.41. The number of carbonyl (C=O) groups is 2. The summed E-state index contributed by atoms with van der Waals surface area (Å²) >= 11 is 0. The first kappa shape index (κ1) is 17.6. The van der Waals surface area contributed by atoms with Crippen molar-refractivity contribution in [1.82, 2.24) is 19.9 Å². The maximum absolute atomic E-state index is 12.7. The van der Waals surface area contributed by atoms with Gasteiger partial charge in [-0.15, -0.1) is 10.2 Å². The van der Waals surface area contributed by atoms with Gasteiger partial charge in [0.15, 0.2) is 5.65 Å². The Morgan fingerprint density at radius 2 is 1.92 bits per heavy atom. The molecule has 7 nitrogen and oxygen atoms in total. The lowest BCUT2D eigenvalue weighted by Crippen LogP contribution is -2.37. The topological polar surface area (TPSA) is 96.6 Å². The van der Waals surface area contributed by atoms with Crippen LogP contribution in [0.4, 0.5) is 0 Å². The van der Waals surface area contributed by atoms with Crippen LogP contribution in [0.3, 0.4) is 0 Å². The SMILES string of the molecule is Cc1nnc2ccc(C(=O)NC(CCC(=O)O)Cc3ccccc3)cn12. The Morgan fingerprint density at radius 3 is 2.65 bits per heavy atom. The molecule has 134 valence electrons. The number of carboxylic acids is 1. The zero-order chi connectivity index (χ0) is 18.5. The van der Waals surface area contributed by atoms with Crippen molar-refractivity contribution in [3.63, 3.8) is 0 Å². The predicted molar refractivity (Wildman–Crippen MR) is 96.0 cm³/mol. The van der Waals surface area contributed by atoms with Gasteiger partial charge in [0.05, 0.1) is 5.56 Å². The number of hydrogen-bond donors (Lipinski definition) is 2. The minimum atomic E-state index is -0.876. The Balaban J connectivity index is 1.76. The number of aliphatic carboxylic acids is 1. The van der Waals surface area contributed by atoms with E-state index in [9.17, 15) is 9.59 Å². The van der Waals surface area contributed by atoms with Gasteiger partial charge in [-0.05, 0) is 37.5 Å². The number of aromatic nitrogens is 3. The van der Waals surface area contributed by atoms with Crippen LogP contribution in [0.15, 0.2) is 48.7 Å². The fourth-order valence-electron chi connectivity index (χ4n) is 2.83. The lowest BCUT2D eigenvalue weighted by molar-refractivity contribution is -0.137. The number of pyridine rings is 1. The summed E-state index contributed by atoms with van der Waals surface area (Å²) in [5.74, 6) is -0.425. The average Bonchev–Trinajstić information content (AvgIpc) is 3.01. The second-order valence-corrected chi connectivity index (χ2v) is 6.19. The molecule has 2 heterocycles. The van der Waals surface area contributed by atoms with Gasteiger partial charge in [-0.1, -0.05) is 30.3 Å². The van der Waals surface area contributed by atoms with Crippen LogP contribution in [0.2, 0.25) is 0 Å². The van der Waals surface area contributed by atoms with Crippen molar-refractivity contribution in [3.05, 3.63) is 65.6 Å². The second kappa shape index (κ2) is 7.77. The highest BCUT2D eigenvalue weighted by Crippen LogP contribution is 2.11. The maximum Gasteiger partial charge on any atom is 0.303 e. The minimum absolute atomic E-state index is 0.00135. The highest BCUT2D eigenvalue weighted by molar-refractivity contribution is 5.94. The van der Waals surface area contributed by atoms with E-state index in [1.165, 1.54) is 0 Å². The van der Waals surface area contributed by atoms with Crippen LogP contribution in [0.1, 0.15) is 34.6 Å². The van der Waals surface area contributed by atoms with E-state index in [0.717, 1.165) is 5.56 Å². The standard InChI is InChI=1S/C19H20N4O3/c1-13-21-22-17-9-7-15(12-23(13)17)19(26)20-16(8-10-18(24)25)11-14-5-3-2-4-6-14/h2-7,9,12,16H,8,10-11H2,1H3,(H,20,26)(H,24,25). The molecule has 0 radical (unpaired) electrons. The molecule has 1 aromatic carbocycles. The summed E-state index contributed by atoms with van der Waals surface area (Å²) in [7, 11) is 0. The molecule has 1 unspecified atom stereocenters. The van der Waals surface area contributed by atoms with Crippen molar-refractivity contribution in [2.75, 3.05) is 0 Å². The molecular weight excluding hydrogens is 332 g/mol. The zero-order valence-corrected chi connectivity index (χ0v) is 14.4. The number of amides is 1. The molecule has 0 saturated carbocycles. The molecule has 0 fully saturated rings. The molecule has 2 aromatic heterocycles. The van der Waals surface area contributed by atoms with Crippen molar-refractivity contribution >= 4 is 17.5 Å². The van der Waals surface area contributed by atoms with E-state index < -0.39 is 5.97 Å². The molecule has 7 heteroatoms. The molecule has 3 rings (SSSR count). The third-order valence-electron chi connectivity index (χ3n) is 4.20. The largest absolute Gasteiger partial charge is 0.481 e. The number of fused-ring (bicyclic) bond motifs is 1. The van der Waals surface area contributed by atoms with Crippen molar-refractivity contribution in [2.24, 2.45) is 0 Å². The lowest BCUT2D eigenvalue weighted by Gasteiger charge is -2.18. The minimum Gasteiger partial charge on any atom is -0.481 e. The summed E-state index contributed by atoms with van der Waals surface area (Å²) in [6, 6.07) is 12.9. The summed E-state index contributed by atoms with van der Waals surface area (Å²) in [6.07, 6.45) is 2.63. The molecule has 0 aliphatic heterocycles. The van der Waals surface area contributed by atoms with Crippen molar-refractivity contribution in [1.29, 1.82) is 0 Å². The van der Waals surface area contributed by atoms with E-state index in [1.54, 1.807) is 22.7 Å². The third kappa shape index (κ3) is 4.24. The second-order valence-electron chi connectivity index (χ2n) is 6.19. The monoisotopic (exact) mass is 352 g/mol. The molecule has 2 N–H and O–H groups in total. The Bertz CT molecular complexity index is 921. The van der Waals surface area contributed by atoms with Crippen LogP contribution < -0.4 is 5.32 Å². The number of benzene rings is 1. The van der Waals surface area contributed by atoms with Gasteiger partial charge in [0.25, 0.3) is 5.91 Å². The number of hydrogen-bond acceptors (Lipinski definition) is 4. The average molecular weight is 352 g/mol. The van der Waals surface area contributed by atoms with Gasteiger partial charge in [-0.25, -0.2) is 0 Å². The first-order chi connectivity index (χ1) is 12.5. The number of nitrogens with zero attached hydrogens (tertiary/aromatic N) is 3. The summed E-state index contributed by atoms with van der Waals surface area (Å²) in [5, 5.41) is 19.9. The Hall–Kier alpha value is -3.22. The fourth-order valence-corrected chi connectivity index (χ4v) is 2.83. The molecule has 3 aromatic rings. The van der Waals surface area contributed by atoms with Gasteiger partial charge in [0.1, 0.15) is 5.82 Å². The quantitative estimate of drug-likeness (QED) is 0.680. The summed E-state index contributed by atoms with van der Waals surface area (Å²) in [4.78, 5) is 23.6. The molecule has 0 saturated heterocycles. The highest BCUT2D eigenvalue weighted by Gasteiger charge is 2.17. The number of carboxylic acid groups (broad SMARTS) is 1. The van der Waals surface area contributed by atoms with Crippen LogP contribution >= 0.6 is 0 Å². The normalized spacial score (nSPS) is 12.0. The van der Waals surface area contributed by atoms with Gasteiger partial charge >= 0.3 is 5.97 Å². The van der Waals surface area contributed by atoms with E-state index in [0.29, 0.717) is 29.9 Å². The number of rotatable bonds is 7.